The Morgan fingerprint density at radius 3 is 2.58 bits per heavy atom. The first-order chi connectivity index (χ1) is 22.8. The number of rotatable bonds is 11. The lowest BCUT2D eigenvalue weighted by molar-refractivity contribution is -0.124. The highest BCUT2D eigenvalue weighted by Gasteiger charge is 2.47. The number of aromatic amines is 1. The number of aromatic nitrogens is 1. The van der Waals surface area contributed by atoms with Gasteiger partial charge in [0.15, 0.2) is 0 Å². The van der Waals surface area contributed by atoms with Gasteiger partial charge in [-0.2, -0.15) is 0 Å². The van der Waals surface area contributed by atoms with E-state index in [9.17, 15) is 14.7 Å². The number of H-pyrrole nitrogens is 1. The van der Waals surface area contributed by atoms with Gasteiger partial charge in [0.2, 0.25) is 0 Å². The van der Waals surface area contributed by atoms with Crippen LogP contribution < -0.4 is 10.1 Å². The Balaban J connectivity index is 0.000000194. The number of alkyl carbamates (subject to hydrolysis) is 1. The number of nitrogens with zero attached hydrogens (tertiary/aromatic N) is 1. The molecule has 3 heterocycles. The Morgan fingerprint density at radius 1 is 1.08 bits per heavy atom. The first-order valence-corrected chi connectivity index (χ1v) is 18.0. The van der Waals surface area contributed by atoms with E-state index in [0.29, 0.717) is 31.0 Å². The van der Waals surface area contributed by atoms with Gasteiger partial charge in [-0.05, 0) is 100.0 Å². The molecule has 2 aromatic carbocycles. The molecule has 3 N–H and O–H groups in total. The highest BCUT2D eigenvalue weighted by molar-refractivity contribution is 5.84. The molecular formula is C40H57N3O5. The number of phenols is 1. The number of carbonyl (C=O) groups excluding carboxylic acids is 2. The summed E-state index contributed by atoms with van der Waals surface area (Å²) < 4.78 is 11.3. The minimum absolute atomic E-state index is 0.00696. The van der Waals surface area contributed by atoms with Crippen LogP contribution in [0.1, 0.15) is 114 Å². The van der Waals surface area contributed by atoms with Crippen LogP contribution in [0.15, 0.2) is 36.5 Å². The summed E-state index contributed by atoms with van der Waals surface area (Å²) in [6.07, 6.45) is 11.7. The number of hydrogen-bond donors (Lipinski definition) is 3. The molecule has 1 aliphatic carbocycles. The van der Waals surface area contributed by atoms with E-state index < -0.39 is 0 Å². The minimum Gasteiger partial charge on any atom is -0.508 e. The van der Waals surface area contributed by atoms with E-state index in [-0.39, 0.29) is 35.0 Å². The number of cyclic esters (lactones) is 1. The van der Waals surface area contributed by atoms with Gasteiger partial charge >= 0.3 is 6.09 Å². The van der Waals surface area contributed by atoms with E-state index in [1.54, 1.807) is 0 Å². The van der Waals surface area contributed by atoms with Gasteiger partial charge in [-0.3, -0.25) is 4.79 Å². The van der Waals surface area contributed by atoms with Crippen molar-refractivity contribution in [2.45, 2.75) is 122 Å². The zero-order chi connectivity index (χ0) is 34.6. The highest BCUT2D eigenvalue weighted by Crippen LogP contribution is 2.54. The fourth-order valence-corrected chi connectivity index (χ4v) is 7.82. The molecule has 2 aliphatic heterocycles. The molecule has 262 valence electrons. The Labute approximate surface area is 287 Å². The van der Waals surface area contributed by atoms with Gasteiger partial charge in [0, 0.05) is 53.9 Å². The lowest BCUT2D eigenvalue weighted by atomic mass is 9.66. The maximum absolute atomic E-state index is 12.1. The molecule has 0 spiro atoms. The summed E-state index contributed by atoms with van der Waals surface area (Å²) in [5.74, 6) is 1.75. The van der Waals surface area contributed by atoms with E-state index in [1.165, 1.54) is 47.7 Å². The van der Waals surface area contributed by atoms with Crippen molar-refractivity contribution < 1.29 is 24.2 Å². The van der Waals surface area contributed by atoms with E-state index in [1.807, 2.05) is 6.07 Å². The number of phenolic OH excluding ortho intramolecular Hbond substituents is 1. The van der Waals surface area contributed by atoms with E-state index in [0.717, 1.165) is 49.1 Å². The summed E-state index contributed by atoms with van der Waals surface area (Å²) in [5, 5.41) is 15.0. The van der Waals surface area contributed by atoms with Crippen LogP contribution in [0.25, 0.3) is 10.9 Å². The summed E-state index contributed by atoms with van der Waals surface area (Å²) in [6.45, 7) is 12.5. The topological polar surface area (TPSA) is 104 Å². The molecule has 3 aliphatic rings. The van der Waals surface area contributed by atoms with Crippen molar-refractivity contribution in [2.75, 3.05) is 27.2 Å². The highest BCUT2D eigenvalue weighted by atomic mass is 16.6. The van der Waals surface area contributed by atoms with E-state index in [2.05, 4.69) is 94.4 Å². The molecule has 0 radical (unpaired) electrons. The third-order valence-electron chi connectivity index (χ3n) is 10.7. The van der Waals surface area contributed by atoms with Crippen LogP contribution in [0.2, 0.25) is 0 Å². The number of likely N-dealkylation sites (N-methyl/N-ethyl adjacent to an activating group) is 1. The van der Waals surface area contributed by atoms with Gasteiger partial charge in [-0.15, -0.1) is 0 Å². The van der Waals surface area contributed by atoms with Gasteiger partial charge < -0.3 is 29.8 Å². The van der Waals surface area contributed by atoms with Crippen molar-refractivity contribution in [1.82, 2.24) is 15.2 Å². The van der Waals surface area contributed by atoms with Crippen molar-refractivity contribution in [2.24, 2.45) is 5.92 Å². The molecule has 2 fully saturated rings. The summed E-state index contributed by atoms with van der Waals surface area (Å²) in [7, 11) is 4.17. The predicted molar refractivity (Wildman–Crippen MR) is 192 cm³/mol. The minimum atomic E-state index is -0.311. The van der Waals surface area contributed by atoms with E-state index in [4.69, 9.17) is 9.47 Å². The number of fused-ring (bicyclic) bond motifs is 4. The molecule has 1 amide bonds. The van der Waals surface area contributed by atoms with Crippen LogP contribution in [0.3, 0.4) is 0 Å². The van der Waals surface area contributed by atoms with Crippen LogP contribution in [-0.2, 0) is 27.8 Å². The normalized spacial score (nSPS) is 21.5. The summed E-state index contributed by atoms with van der Waals surface area (Å²) in [5.41, 5.74) is 5.40. The van der Waals surface area contributed by atoms with Crippen LogP contribution in [-0.4, -0.2) is 65.8 Å². The molecule has 0 unspecified atom stereocenters. The first kappa shape index (κ1) is 35.8. The number of unbranched alkanes of at least 4 members (excludes halogenated alkanes) is 3. The maximum atomic E-state index is 12.1. The number of Topliss-reactive ketones (excluding diaryl/α,β-unsaturated/α-hetero) is 1. The molecule has 1 aromatic heterocycles. The lowest BCUT2D eigenvalue weighted by Crippen LogP contribution is -2.47. The Hall–Kier alpha value is -3.52. The second kappa shape index (κ2) is 14.9. The molecule has 6 rings (SSSR count). The van der Waals surface area contributed by atoms with Crippen molar-refractivity contribution in [3.8, 4) is 11.5 Å². The SMILES string of the molecule is CCCCCCC(C)(C)c1cc(O)c2c(c1)OC(C)(C)[C@@H]1CCC(=O)C[C@@H]21.CN(C)CCc1c[nH]c2ccc(C[C@H]3COC(=O)N3)cc12. The summed E-state index contributed by atoms with van der Waals surface area (Å²) >= 11 is 0. The molecule has 3 aromatic rings. The third-order valence-corrected chi connectivity index (χ3v) is 10.7. The first-order valence-electron chi connectivity index (χ1n) is 18.0. The molecule has 1 saturated carbocycles. The molecule has 1 saturated heterocycles. The van der Waals surface area contributed by atoms with Crippen molar-refractivity contribution in [3.05, 3.63) is 58.8 Å². The van der Waals surface area contributed by atoms with Gasteiger partial charge in [0.05, 0.1) is 6.04 Å². The lowest BCUT2D eigenvalue weighted by Gasteiger charge is -2.47. The number of aromatic hydroxyl groups is 1. The maximum Gasteiger partial charge on any atom is 0.407 e. The smallest absolute Gasteiger partial charge is 0.407 e. The van der Waals surface area contributed by atoms with Gasteiger partial charge in [0.1, 0.15) is 29.5 Å². The Bertz CT molecular complexity index is 1590. The summed E-state index contributed by atoms with van der Waals surface area (Å²) in [6, 6.07) is 10.6. The van der Waals surface area contributed by atoms with Gasteiger partial charge in [-0.1, -0.05) is 52.5 Å². The van der Waals surface area contributed by atoms with Gasteiger partial charge in [0.25, 0.3) is 0 Å². The Kier molecular flexibility index (Phi) is 11.1. The predicted octanol–water partition coefficient (Wildman–Crippen LogP) is 8.19. The molecule has 48 heavy (non-hydrogen) atoms. The van der Waals surface area contributed by atoms with Crippen molar-refractivity contribution >= 4 is 22.8 Å². The number of carbonyl (C=O) groups is 2. The average molecular weight is 660 g/mol. The fraction of sp³-hybridized carbons (Fsp3) is 0.600. The summed E-state index contributed by atoms with van der Waals surface area (Å²) in [4.78, 5) is 28.7. The van der Waals surface area contributed by atoms with Crippen molar-refractivity contribution in [1.29, 1.82) is 0 Å². The molecule has 0 bridgehead atoms. The third kappa shape index (κ3) is 8.36. The average Bonchev–Trinajstić information content (AvgIpc) is 3.62. The second-order valence-electron chi connectivity index (χ2n) is 15.7. The number of ether oxygens (including phenoxy) is 2. The van der Waals surface area contributed by atoms with Crippen LogP contribution in [0.5, 0.6) is 11.5 Å². The molecule has 8 nitrogen and oxygen atoms in total. The van der Waals surface area contributed by atoms with Crippen LogP contribution in [0.4, 0.5) is 4.79 Å². The molecule has 3 atom stereocenters. The number of ketones is 1. The molecule has 8 heteroatoms. The zero-order valence-corrected chi connectivity index (χ0v) is 30.2. The monoisotopic (exact) mass is 659 g/mol. The largest absolute Gasteiger partial charge is 0.508 e. The van der Waals surface area contributed by atoms with Gasteiger partial charge in [-0.25, -0.2) is 4.79 Å². The Morgan fingerprint density at radius 2 is 1.88 bits per heavy atom. The van der Waals surface area contributed by atoms with E-state index >= 15 is 0 Å². The van der Waals surface area contributed by atoms with Crippen LogP contribution in [0, 0.1) is 5.92 Å². The zero-order valence-electron chi connectivity index (χ0n) is 30.2. The standard InChI is InChI=1S/C24H36O3.C16H21N3O2/c1-6-7-8-9-12-23(2,3)16-13-20(26)22-18-15-17(25)10-11-19(18)24(4,5)27-21(22)14-16;1-19(2)6-5-12-9-17-15-4-3-11(8-14(12)15)7-13-10-21-16(20)18-13/h13-14,18-19,26H,6-12,15H2,1-5H3;3-4,8-9,13,17H,5-7,10H2,1-2H3,(H,18,20)/t18-,19-;13-/m10/s1. The second-order valence-corrected chi connectivity index (χ2v) is 15.7. The van der Waals surface area contributed by atoms with Crippen molar-refractivity contribution in [3.63, 3.8) is 0 Å². The number of nitrogens with one attached hydrogen (secondary N) is 2. The quantitative estimate of drug-likeness (QED) is 0.179. The number of amides is 1. The number of hydrogen-bond acceptors (Lipinski definition) is 6. The fourth-order valence-electron chi connectivity index (χ4n) is 7.82. The number of benzene rings is 2. The molecular weight excluding hydrogens is 602 g/mol. The van der Waals surface area contributed by atoms with Crippen LogP contribution >= 0.6 is 0 Å².